The van der Waals surface area contributed by atoms with E-state index in [1.165, 1.54) is 0 Å². The number of carbonyl (C=O) groups is 1. The zero-order valence-electron chi connectivity index (χ0n) is 11.0. The molecule has 0 bridgehead atoms. The van der Waals surface area contributed by atoms with Crippen LogP contribution in [0.3, 0.4) is 0 Å². The number of amides is 1. The Balaban J connectivity index is 4.52. The van der Waals surface area contributed by atoms with Gasteiger partial charge in [0.25, 0.3) is 5.91 Å². The number of carbonyl (C=O) groups excluding carboxylic acids is 1. The smallest absolute Gasteiger partial charge is 0.251 e. The average molecular weight is 244 g/mol. The molecule has 5 nitrogen and oxygen atoms in total. The lowest BCUT2D eigenvalue weighted by molar-refractivity contribution is -0.128. The third kappa shape index (κ3) is 5.30. The van der Waals surface area contributed by atoms with E-state index in [1.807, 2.05) is 13.8 Å². The Morgan fingerprint density at radius 1 is 1.59 bits per heavy atom. The van der Waals surface area contributed by atoms with Crippen LogP contribution in [0.15, 0.2) is 12.2 Å². The van der Waals surface area contributed by atoms with Crippen LogP contribution in [-0.4, -0.2) is 48.9 Å². The quantitative estimate of drug-likeness (QED) is 0.477. The fourth-order valence-electron chi connectivity index (χ4n) is 1.52. The Kier molecular flexibility index (Phi) is 7.78. The van der Waals surface area contributed by atoms with Crippen molar-refractivity contribution < 1.29 is 14.6 Å². The molecule has 1 unspecified atom stereocenters. The summed E-state index contributed by atoms with van der Waals surface area (Å²) in [5.74, 6) is -0.188. The summed E-state index contributed by atoms with van der Waals surface area (Å²) in [7, 11) is 1.54. The second-order valence-corrected chi connectivity index (χ2v) is 4.19. The van der Waals surface area contributed by atoms with E-state index in [1.54, 1.807) is 12.0 Å². The van der Waals surface area contributed by atoms with E-state index in [2.05, 4.69) is 6.58 Å². The minimum absolute atomic E-state index is 0.0296. The third-order valence-electron chi connectivity index (χ3n) is 2.62. The van der Waals surface area contributed by atoms with E-state index in [4.69, 9.17) is 15.6 Å². The lowest BCUT2D eigenvalue weighted by atomic mass is 10.1. The predicted octanol–water partition coefficient (Wildman–Crippen LogP) is 0.341. The minimum atomic E-state index is -0.399. The number of methoxy groups -OCH3 is 1. The van der Waals surface area contributed by atoms with Crippen molar-refractivity contribution in [2.45, 2.75) is 26.5 Å². The third-order valence-corrected chi connectivity index (χ3v) is 2.62. The first-order chi connectivity index (χ1) is 7.97. The molecule has 1 amide bonds. The highest BCUT2D eigenvalue weighted by atomic mass is 16.5. The number of hydrogen-bond acceptors (Lipinski definition) is 4. The highest BCUT2D eigenvalue weighted by Crippen LogP contribution is 2.08. The van der Waals surface area contributed by atoms with Crippen molar-refractivity contribution in [3.05, 3.63) is 12.2 Å². The van der Waals surface area contributed by atoms with Gasteiger partial charge in [-0.3, -0.25) is 4.79 Å². The van der Waals surface area contributed by atoms with E-state index in [0.717, 1.165) is 6.42 Å². The molecule has 0 saturated heterocycles. The standard InChI is InChI=1S/C12H24N2O3/c1-5-6-14(12(16)10(3)8-15)7-9(2)11(13)17-4/h9,11,15H,3,5-8,13H2,1-2,4H3/t9?,11-/m0/s1. The van der Waals surface area contributed by atoms with Gasteiger partial charge in [-0.1, -0.05) is 20.4 Å². The molecule has 2 atom stereocenters. The zero-order chi connectivity index (χ0) is 13.4. The van der Waals surface area contributed by atoms with Gasteiger partial charge < -0.3 is 20.5 Å². The zero-order valence-corrected chi connectivity index (χ0v) is 11.0. The fourth-order valence-corrected chi connectivity index (χ4v) is 1.52. The number of aliphatic hydroxyl groups is 1. The molecule has 17 heavy (non-hydrogen) atoms. The van der Waals surface area contributed by atoms with Crippen LogP contribution >= 0.6 is 0 Å². The van der Waals surface area contributed by atoms with Gasteiger partial charge in [-0.25, -0.2) is 0 Å². The van der Waals surface area contributed by atoms with Gasteiger partial charge in [0.2, 0.25) is 0 Å². The van der Waals surface area contributed by atoms with Crippen LogP contribution in [-0.2, 0) is 9.53 Å². The fraction of sp³-hybridized carbons (Fsp3) is 0.750. The summed E-state index contributed by atoms with van der Waals surface area (Å²) >= 11 is 0. The lowest BCUT2D eigenvalue weighted by Gasteiger charge is -2.28. The van der Waals surface area contributed by atoms with Gasteiger partial charge in [0.1, 0.15) is 6.23 Å². The maximum absolute atomic E-state index is 11.9. The summed E-state index contributed by atoms with van der Waals surface area (Å²) in [6, 6.07) is 0. The van der Waals surface area contributed by atoms with Crippen LogP contribution in [0.4, 0.5) is 0 Å². The Bertz CT molecular complexity index is 256. The van der Waals surface area contributed by atoms with Crippen LogP contribution in [0, 0.1) is 5.92 Å². The summed E-state index contributed by atoms with van der Waals surface area (Å²) < 4.78 is 5.03. The maximum atomic E-state index is 11.9. The van der Waals surface area contributed by atoms with Crippen molar-refractivity contribution in [3.63, 3.8) is 0 Å². The van der Waals surface area contributed by atoms with Crippen LogP contribution in [0.2, 0.25) is 0 Å². The Hall–Kier alpha value is -0.910. The van der Waals surface area contributed by atoms with E-state index < -0.39 is 6.23 Å². The van der Waals surface area contributed by atoms with Crippen molar-refractivity contribution in [1.82, 2.24) is 4.90 Å². The van der Waals surface area contributed by atoms with E-state index in [-0.39, 0.29) is 24.0 Å². The molecule has 5 heteroatoms. The molecule has 0 aromatic rings. The normalized spacial score (nSPS) is 14.2. The van der Waals surface area contributed by atoms with Gasteiger partial charge in [0.15, 0.2) is 0 Å². The number of aliphatic hydroxyl groups excluding tert-OH is 1. The highest BCUT2D eigenvalue weighted by Gasteiger charge is 2.21. The molecule has 0 aliphatic carbocycles. The number of hydrogen-bond donors (Lipinski definition) is 2. The van der Waals surface area contributed by atoms with E-state index in [9.17, 15) is 4.79 Å². The van der Waals surface area contributed by atoms with Gasteiger partial charge in [-0.2, -0.15) is 0 Å². The average Bonchev–Trinajstić information content (AvgIpc) is 2.35. The van der Waals surface area contributed by atoms with Gasteiger partial charge >= 0.3 is 0 Å². The minimum Gasteiger partial charge on any atom is -0.391 e. The molecule has 0 aliphatic rings. The second kappa shape index (κ2) is 8.22. The maximum Gasteiger partial charge on any atom is 0.251 e. The topological polar surface area (TPSA) is 75.8 Å². The molecule has 0 spiro atoms. The summed E-state index contributed by atoms with van der Waals surface area (Å²) in [4.78, 5) is 13.6. The van der Waals surface area contributed by atoms with Crippen molar-refractivity contribution in [2.75, 3.05) is 26.8 Å². The number of nitrogens with two attached hydrogens (primary N) is 1. The first-order valence-corrected chi connectivity index (χ1v) is 5.84. The number of nitrogens with zero attached hydrogens (tertiary/aromatic N) is 1. The van der Waals surface area contributed by atoms with Gasteiger partial charge in [0.05, 0.1) is 6.61 Å². The molecule has 0 aromatic heterocycles. The summed E-state index contributed by atoms with van der Waals surface area (Å²) in [5, 5.41) is 8.92. The first kappa shape index (κ1) is 16.1. The van der Waals surface area contributed by atoms with Crippen LogP contribution in [0.5, 0.6) is 0 Å². The SMILES string of the molecule is C=C(CO)C(=O)N(CCC)CC(C)[C@@H](N)OC. The Morgan fingerprint density at radius 3 is 2.59 bits per heavy atom. The molecule has 0 aliphatic heterocycles. The monoisotopic (exact) mass is 244 g/mol. The summed E-state index contributed by atoms with van der Waals surface area (Å²) in [5.41, 5.74) is 5.94. The van der Waals surface area contributed by atoms with Crippen molar-refractivity contribution in [3.8, 4) is 0 Å². The van der Waals surface area contributed by atoms with Crippen LogP contribution in [0.1, 0.15) is 20.3 Å². The molecule has 0 aromatic carbocycles. The Morgan fingerprint density at radius 2 is 2.18 bits per heavy atom. The largest absolute Gasteiger partial charge is 0.391 e. The van der Waals surface area contributed by atoms with Gasteiger partial charge in [-0.15, -0.1) is 0 Å². The summed E-state index contributed by atoms with van der Waals surface area (Å²) in [6.45, 7) is 8.26. The molecule has 0 heterocycles. The highest BCUT2D eigenvalue weighted by molar-refractivity contribution is 5.93. The Labute approximate surface area is 103 Å². The molecular weight excluding hydrogens is 220 g/mol. The molecule has 3 N–H and O–H groups in total. The van der Waals surface area contributed by atoms with Crippen molar-refractivity contribution >= 4 is 5.91 Å². The van der Waals surface area contributed by atoms with Gasteiger partial charge in [-0.05, 0) is 6.42 Å². The molecule has 0 rings (SSSR count). The van der Waals surface area contributed by atoms with Crippen LogP contribution < -0.4 is 5.73 Å². The first-order valence-electron chi connectivity index (χ1n) is 5.84. The summed E-state index contributed by atoms with van der Waals surface area (Å²) in [6.07, 6.45) is 0.448. The molecule has 0 saturated carbocycles. The van der Waals surface area contributed by atoms with Crippen LogP contribution in [0.25, 0.3) is 0 Å². The number of rotatable bonds is 8. The second-order valence-electron chi connectivity index (χ2n) is 4.19. The molecule has 0 fully saturated rings. The van der Waals surface area contributed by atoms with E-state index >= 15 is 0 Å². The molecule has 0 radical (unpaired) electrons. The van der Waals surface area contributed by atoms with Crippen molar-refractivity contribution in [2.24, 2.45) is 11.7 Å². The molecular formula is C12H24N2O3. The predicted molar refractivity (Wildman–Crippen MR) is 67.2 cm³/mol. The van der Waals surface area contributed by atoms with E-state index in [0.29, 0.717) is 13.1 Å². The van der Waals surface area contributed by atoms with Crippen molar-refractivity contribution in [1.29, 1.82) is 0 Å². The number of ether oxygens (including phenoxy) is 1. The molecule has 100 valence electrons. The lowest BCUT2D eigenvalue weighted by Crippen LogP contribution is -2.42. The van der Waals surface area contributed by atoms with Gasteiger partial charge in [0, 0.05) is 31.7 Å².